The van der Waals surface area contributed by atoms with Crippen molar-refractivity contribution in [3.05, 3.63) is 57.0 Å². The molecule has 1 N–H and O–H groups in total. The third-order valence-corrected chi connectivity index (χ3v) is 4.87. The van der Waals surface area contributed by atoms with E-state index in [4.69, 9.17) is 14.2 Å². The van der Waals surface area contributed by atoms with E-state index in [1.54, 1.807) is 18.2 Å². The van der Waals surface area contributed by atoms with Crippen LogP contribution in [-0.2, 0) is 4.79 Å². The van der Waals surface area contributed by atoms with Crippen molar-refractivity contribution < 1.29 is 23.9 Å². The summed E-state index contributed by atoms with van der Waals surface area (Å²) in [6.45, 7) is -0.00252. The third-order valence-electron chi connectivity index (χ3n) is 3.96. The van der Waals surface area contributed by atoms with Crippen molar-refractivity contribution in [3.8, 4) is 17.2 Å². The molecule has 1 fully saturated rings. The van der Waals surface area contributed by atoms with Crippen molar-refractivity contribution in [2.45, 2.75) is 0 Å². The van der Waals surface area contributed by atoms with Gasteiger partial charge in [-0.1, -0.05) is 12.1 Å². The number of nitrogens with one attached hydrogen (secondary N) is 1. The number of amides is 1. The smallest absolute Gasteiger partial charge is 0.280 e. The van der Waals surface area contributed by atoms with Crippen LogP contribution in [0.3, 0.4) is 0 Å². The highest BCUT2D eigenvalue weighted by Gasteiger charge is 2.27. The first-order chi connectivity index (χ1) is 13.5. The van der Waals surface area contributed by atoms with Gasteiger partial charge >= 0.3 is 0 Å². The monoisotopic (exact) mass is 399 g/mol. The Labute approximate surface area is 163 Å². The summed E-state index contributed by atoms with van der Waals surface area (Å²) in [4.78, 5) is 27.8. The van der Waals surface area contributed by atoms with Crippen LogP contribution in [0, 0.1) is 10.1 Å². The number of hydrogen-bond acceptors (Lipinski definition) is 8. The Kier molecular flexibility index (Phi) is 4.62. The lowest BCUT2D eigenvalue weighted by atomic mass is 10.1. The number of rotatable bonds is 4. The lowest BCUT2D eigenvalue weighted by molar-refractivity contribution is -0.385. The van der Waals surface area contributed by atoms with Crippen LogP contribution < -0.4 is 19.5 Å². The molecule has 9 nitrogen and oxygen atoms in total. The van der Waals surface area contributed by atoms with Crippen molar-refractivity contribution >= 4 is 40.3 Å². The molecular weight excluding hydrogens is 386 g/mol. The van der Waals surface area contributed by atoms with E-state index in [2.05, 4.69) is 10.3 Å². The number of carbonyl (C=O) groups excluding carboxylic acids is 1. The summed E-state index contributed by atoms with van der Waals surface area (Å²) in [7, 11) is 1.53. The van der Waals surface area contributed by atoms with Crippen LogP contribution in [0.5, 0.6) is 17.2 Å². The summed E-state index contributed by atoms with van der Waals surface area (Å²) in [6, 6.07) is 9.90. The number of aliphatic imine (C=N–C) groups is 1. The van der Waals surface area contributed by atoms with Gasteiger partial charge < -0.3 is 19.5 Å². The number of ether oxygens (including phenoxy) is 3. The molecule has 0 spiro atoms. The maximum Gasteiger partial charge on any atom is 0.280 e. The second-order valence-electron chi connectivity index (χ2n) is 5.67. The minimum atomic E-state index is -0.532. The summed E-state index contributed by atoms with van der Waals surface area (Å²) >= 11 is 1.08. The Hall–Kier alpha value is -3.53. The van der Waals surface area contributed by atoms with Crippen LogP contribution in [0.4, 0.5) is 11.4 Å². The number of amidine groups is 1. The number of hydrogen-bond donors (Lipinski definition) is 1. The highest BCUT2D eigenvalue weighted by Crippen LogP contribution is 2.40. The molecule has 142 valence electrons. The van der Waals surface area contributed by atoms with E-state index in [1.807, 2.05) is 6.07 Å². The minimum absolute atomic E-state index is 0.00252. The quantitative estimate of drug-likeness (QED) is 0.477. The largest absolute Gasteiger partial charge is 0.494 e. The molecule has 0 unspecified atom stereocenters. The van der Waals surface area contributed by atoms with Crippen molar-refractivity contribution in [3.63, 3.8) is 0 Å². The highest BCUT2D eigenvalue weighted by molar-refractivity contribution is 8.18. The number of methoxy groups -OCH3 is 1. The predicted octanol–water partition coefficient (Wildman–Crippen LogP) is 3.22. The van der Waals surface area contributed by atoms with E-state index in [0.29, 0.717) is 28.1 Å². The van der Waals surface area contributed by atoms with Gasteiger partial charge in [0.1, 0.15) is 11.4 Å². The lowest BCUT2D eigenvalue weighted by Crippen LogP contribution is -2.19. The predicted molar refractivity (Wildman–Crippen MR) is 103 cm³/mol. The maximum absolute atomic E-state index is 12.3. The second kappa shape index (κ2) is 7.24. The first kappa shape index (κ1) is 17.9. The average Bonchev–Trinajstić information content (AvgIpc) is 3.27. The summed E-state index contributed by atoms with van der Waals surface area (Å²) in [6.07, 6.45) is 1.44. The number of benzene rings is 2. The molecule has 28 heavy (non-hydrogen) atoms. The molecule has 2 heterocycles. The summed E-state index contributed by atoms with van der Waals surface area (Å²) in [5.74, 6) is 0.860. The number of para-hydroxylation sites is 2. The number of nitro benzene ring substituents is 1. The van der Waals surface area contributed by atoms with Crippen LogP contribution >= 0.6 is 11.8 Å². The molecular formula is C18H13N3O6S. The van der Waals surface area contributed by atoms with E-state index in [1.165, 1.54) is 25.3 Å². The van der Waals surface area contributed by atoms with Gasteiger partial charge in [-0.2, -0.15) is 0 Å². The van der Waals surface area contributed by atoms with Gasteiger partial charge in [0.15, 0.2) is 16.7 Å². The van der Waals surface area contributed by atoms with Gasteiger partial charge in [-0.15, -0.1) is 0 Å². The number of nitro groups is 1. The van der Waals surface area contributed by atoms with Gasteiger partial charge in [0.05, 0.1) is 28.6 Å². The van der Waals surface area contributed by atoms with Crippen molar-refractivity contribution in [2.75, 3.05) is 13.9 Å². The third kappa shape index (κ3) is 3.37. The van der Waals surface area contributed by atoms with Crippen molar-refractivity contribution in [1.82, 2.24) is 5.32 Å². The summed E-state index contributed by atoms with van der Waals surface area (Å²) in [5.41, 5.74) is 0.619. The van der Waals surface area contributed by atoms with Gasteiger partial charge in [0.25, 0.3) is 11.6 Å². The molecule has 1 saturated heterocycles. The van der Waals surface area contributed by atoms with Crippen LogP contribution in [-0.4, -0.2) is 29.9 Å². The molecule has 2 aliphatic rings. The van der Waals surface area contributed by atoms with E-state index < -0.39 is 10.8 Å². The fourth-order valence-corrected chi connectivity index (χ4v) is 3.50. The normalized spacial score (nSPS) is 17.8. The topological polar surface area (TPSA) is 112 Å². The van der Waals surface area contributed by atoms with E-state index in [9.17, 15) is 14.9 Å². The van der Waals surface area contributed by atoms with Gasteiger partial charge in [-0.05, 0) is 36.0 Å². The molecule has 0 aromatic heterocycles. The first-order valence-corrected chi connectivity index (χ1v) is 8.87. The molecule has 0 bridgehead atoms. The molecule has 0 radical (unpaired) electrons. The molecule has 2 aromatic carbocycles. The fourth-order valence-electron chi connectivity index (χ4n) is 2.67. The molecule has 2 aliphatic heterocycles. The Balaban J connectivity index is 1.67. The number of thioether (sulfide) groups is 1. The van der Waals surface area contributed by atoms with Crippen molar-refractivity contribution in [1.29, 1.82) is 0 Å². The minimum Gasteiger partial charge on any atom is -0.494 e. The van der Waals surface area contributed by atoms with Gasteiger partial charge in [-0.3, -0.25) is 14.9 Å². The van der Waals surface area contributed by atoms with Gasteiger partial charge in [0.2, 0.25) is 6.79 Å². The molecule has 0 aliphatic carbocycles. The van der Waals surface area contributed by atoms with Crippen LogP contribution in [0.1, 0.15) is 5.56 Å². The van der Waals surface area contributed by atoms with Crippen LogP contribution in [0.2, 0.25) is 0 Å². The molecule has 4 rings (SSSR count). The number of fused-ring (bicyclic) bond motifs is 1. The molecule has 0 saturated carbocycles. The first-order valence-electron chi connectivity index (χ1n) is 8.06. The van der Waals surface area contributed by atoms with Gasteiger partial charge in [-0.25, -0.2) is 4.99 Å². The zero-order valence-electron chi connectivity index (χ0n) is 14.5. The zero-order chi connectivity index (χ0) is 19.7. The average molecular weight is 399 g/mol. The summed E-state index contributed by atoms with van der Waals surface area (Å²) in [5, 5.41) is 14.4. The SMILES string of the molecule is COc1ccccc1N=C1NC(=O)/C(=C/c2cc3c(cc2[N+](=O)[O-])OCO3)S1. The van der Waals surface area contributed by atoms with Gasteiger partial charge in [0, 0.05) is 0 Å². The molecule has 2 aromatic rings. The molecule has 0 atom stereocenters. The van der Waals surface area contributed by atoms with Crippen molar-refractivity contribution in [2.24, 2.45) is 4.99 Å². The number of nitrogens with zero attached hydrogens (tertiary/aromatic N) is 2. The summed E-state index contributed by atoms with van der Waals surface area (Å²) < 4.78 is 15.7. The highest BCUT2D eigenvalue weighted by atomic mass is 32.2. The Morgan fingerprint density at radius 2 is 2.04 bits per heavy atom. The van der Waals surface area contributed by atoms with E-state index in [0.717, 1.165) is 11.8 Å². The zero-order valence-corrected chi connectivity index (χ0v) is 15.3. The second-order valence-corrected chi connectivity index (χ2v) is 6.71. The molecule has 10 heteroatoms. The van der Waals surface area contributed by atoms with E-state index >= 15 is 0 Å². The maximum atomic E-state index is 12.3. The van der Waals surface area contributed by atoms with Crippen LogP contribution in [0.15, 0.2) is 46.3 Å². The Bertz CT molecular complexity index is 1050. The Morgan fingerprint density at radius 3 is 2.79 bits per heavy atom. The van der Waals surface area contributed by atoms with E-state index in [-0.39, 0.29) is 22.9 Å². The Morgan fingerprint density at radius 1 is 1.29 bits per heavy atom. The van der Waals surface area contributed by atoms with Crippen LogP contribution in [0.25, 0.3) is 6.08 Å². The number of carbonyl (C=O) groups is 1. The standard InChI is InChI=1S/C18H13N3O6S/c1-25-13-5-3-2-4-11(13)19-18-20-17(22)16(28-18)7-10-6-14-15(27-9-26-14)8-12(10)21(23)24/h2-8H,9H2,1H3,(H,19,20,22)/b16-7-. The fraction of sp³-hybridized carbons (Fsp3) is 0.111. The lowest BCUT2D eigenvalue weighted by Gasteiger charge is -2.03. The molecule has 1 amide bonds.